The highest BCUT2D eigenvalue weighted by atomic mass is 79.9. The highest BCUT2D eigenvalue weighted by molar-refractivity contribution is 9.10. The number of rotatable bonds is 2. The summed E-state index contributed by atoms with van der Waals surface area (Å²) < 4.78 is 1.04. The smallest absolute Gasteiger partial charge is 0.247 e. The molecule has 1 fully saturated rings. The number of carbonyl (C=O) groups is 2. The Hall–Kier alpha value is -1.36. The topological polar surface area (TPSA) is 49.4 Å². The third-order valence-electron chi connectivity index (χ3n) is 3.56. The SMILES string of the molecule is Cc1cc(N2C(=O)CNC(=O)C2C(C)C)cc(C)c1Br. The Balaban J connectivity index is 2.51. The maximum atomic E-state index is 12.3. The molecule has 2 amide bonds. The number of aryl methyl sites for hydroxylation is 2. The predicted octanol–water partition coefficient (Wildman–Crippen LogP) is 2.55. The molecule has 1 N–H and O–H groups in total. The number of nitrogens with one attached hydrogen (secondary N) is 1. The standard InChI is InChI=1S/C15H19BrN2O2/c1-8(2)14-15(20)17-7-12(19)18(14)11-5-9(3)13(16)10(4)6-11/h5-6,8,14H,7H2,1-4H3,(H,17,20). The molecule has 0 aliphatic carbocycles. The Kier molecular flexibility index (Phi) is 4.18. The lowest BCUT2D eigenvalue weighted by atomic mass is 9.98. The van der Waals surface area contributed by atoms with E-state index in [-0.39, 0.29) is 24.3 Å². The second-order valence-electron chi connectivity index (χ2n) is 5.56. The average Bonchev–Trinajstić information content (AvgIpc) is 2.37. The molecule has 4 nitrogen and oxygen atoms in total. The maximum Gasteiger partial charge on any atom is 0.247 e. The van der Waals surface area contributed by atoms with E-state index in [4.69, 9.17) is 0 Å². The van der Waals surface area contributed by atoms with Crippen molar-refractivity contribution in [2.45, 2.75) is 33.7 Å². The molecule has 1 aromatic rings. The van der Waals surface area contributed by atoms with E-state index in [1.165, 1.54) is 0 Å². The van der Waals surface area contributed by atoms with Crippen LogP contribution in [0.4, 0.5) is 5.69 Å². The molecule has 1 aliphatic rings. The van der Waals surface area contributed by atoms with Crippen molar-refractivity contribution in [2.24, 2.45) is 5.92 Å². The molecule has 1 heterocycles. The van der Waals surface area contributed by atoms with E-state index in [2.05, 4.69) is 21.2 Å². The summed E-state index contributed by atoms with van der Waals surface area (Å²) in [6.45, 7) is 7.94. The molecule has 0 aromatic heterocycles. The highest BCUT2D eigenvalue weighted by Crippen LogP contribution is 2.30. The Labute approximate surface area is 127 Å². The summed E-state index contributed by atoms with van der Waals surface area (Å²) in [6, 6.07) is 3.45. The van der Waals surface area contributed by atoms with Crippen LogP contribution in [0.3, 0.4) is 0 Å². The average molecular weight is 339 g/mol. The van der Waals surface area contributed by atoms with Crippen LogP contribution in [0, 0.1) is 19.8 Å². The summed E-state index contributed by atoms with van der Waals surface area (Å²) in [7, 11) is 0. The fourth-order valence-corrected chi connectivity index (χ4v) is 2.82. The van der Waals surface area contributed by atoms with Gasteiger partial charge >= 0.3 is 0 Å². The normalized spacial score (nSPS) is 19.5. The summed E-state index contributed by atoms with van der Waals surface area (Å²) in [6.07, 6.45) is 0. The van der Waals surface area contributed by atoms with E-state index in [1.54, 1.807) is 4.90 Å². The molecule has 1 aliphatic heterocycles. The van der Waals surface area contributed by atoms with Gasteiger partial charge in [-0.3, -0.25) is 14.5 Å². The minimum absolute atomic E-state index is 0.0588. The first-order valence-corrected chi connectivity index (χ1v) is 7.48. The molecule has 0 spiro atoms. The second kappa shape index (κ2) is 5.56. The van der Waals surface area contributed by atoms with Crippen LogP contribution in [0.25, 0.3) is 0 Å². The molecular formula is C15H19BrN2O2. The van der Waals surface area contributed by atoms with Crippen molar-refractivity contribution in [2.75, 3.05) is 11.4 Å². The van der Waals surface area contributed by atoms with Gasteiger partial charge in [-0.1, -0.05) is 29.8 Å². The van der Waals surface area contributed by atoms with E-state index in [0.29, 0.717) is 0 Å². The highest BCUT2D eigenvalue weighted by Gasteiger charge is 2.37. The van der Waals surface area contributed by atoms with Gasteiger partial charge in [-0.2, -0.15) is 0 Å². The largest absolute Gasteiger partial charge is 0.345 e. The van der Waals surface area contributed by atoms with Gasteiger partial charge in [0.2, 0.25) is 11.8 Å². The molecule has 108 valence electrons. The fraction of sp³-hybridized carbons (Fsp3) is 0.467. The lowest BCUT2D eigenvalue weighted by Gasteiger charge is -2.37. The predicted molar refractivity (Wildman–Crippen MR) is 82.7 cm³/mol. The molecule has 0 radical (unpaired) electrons. The van der Waals surface area contributed by atoms with Crippen molar-refractivity contribution in [3.8, 4) is 0 Å². The van der Waals surface area contributed by atoms with Crippen LogP contribution < -0.4 is 10.2 Å². The lowest BCUT2D eigenvalue weighted by Crippen LogP contribution is -2.60. The molecule has 20 heavy (non-hydrogen) atoms. The number of hydrogen-bond acceptors (Lipinski definition) is 2. The third-order valence-corrected chi connectivity index (χ3v) is 4.81. The number of carbonyl (C=O) groups excluding carboxylic acids is 2. The van der Waals surface area contributed by atoms with E-state index >= 15 is 0 Å². The molecule has 0 bridgehead atoms. The molecule has 1 saturated heterocycles. The first-order chi connectivity index (χ1) is 9.32. The van der Waals surface area contributed by atoms with Gasteiger partial charge in [0.15, 0.2) is 0 Å². The Morgan fingerprint density at radius 3 is 2.30 bits per heavy atom. The van der Waals surface area contributed by atoms with Crippen molar-refractivity contribution in [1.29, 1.82) is 0 Å². The number of halogens is 1. The lowest BCUT2D eigenvalue weighted by molar-refractivity contribution is -0.131. The number of piperazine rings is 1. The van der Waals surface area contributed by atoms with Crippen molar-refractivity contribution in [1.82, 2.24) is 5.32 Å². The Morgan fingerprint density at radius 2 is 1.80 bits per heavy atom. The Morgan fingerprint density at radius 1 is 1.25 bits per heavy atom. The third kappa shape index (κ3) is 2.59. The number of benzene rings is 1. The van der Waals surface area contributed by atoms with Crippen LogP contribution in [0.15, 0.2) is 16.6 Å². The van der Waals surface area contributed by atoms with Gasteiger partial charge in [-0.25, -0.2) is 0 Å². The summed E-state index contributed by atoms with van der Waals surface area (Å²) in [5.74, 6) is -0.0919. The van der Waals surface area contributed by atoms with E-state index in [0.717, 1.165) is 21.3 Å². The Bertz CT molecular complexity index is 546. The molecule has 1 atom stereocenters. The van der Waals surface area contributed by atoms with Gasteiger partial charge in [-0.05, 0) is 43.0 Å². The van der Waals surface area contributed by atoms with Gasteiger partial charge in [0.25, 0.3) is 0 Å². The maximum absolute atomic E-state index is 12.3. The van der Waals surface area contributed by atoms with Crippen LogP contribution in [0.2, 0.25) is 0 Å². The molecule has 1 aromatic carbocycles. The van der Waals surface area contributed by atoms with Crippen LogP contribution in [-0.4, -0.2) is 24.4 Å². The number of amides is 2. The van der Waals surface area contributed by atoms with Crippen LogP contribution in [-0.2, 0) is 9.59 Å². The van der Waals surface area contributed by atoms with Crippen molar-refractivity contribution >= 4 is 33.4 Å². The van der Waals surface area contributed by atoms with Gasteiger partial charge in [0.1, 0.15) is 6.04 Å². The quantitative estimate of drug-likeness (QED) is 0.900. The van der Waals surface area contributed by atoms with Gasteiger partial charge < -0.3 is 5.32 Å². The molecule has 1 unspecified atom stereocenters. The number of nitrogens with zero attached hydrogens (tertiary/aromatic N) is 1. The molecule has 5 heteroatoms. The second-order valence-corrected chi connectivity index (χ2v) is 6.36. The van der Waals surface area contributed by atoms with Gasteiger partial charge in [0.05, 0.1) is 6.54 Å². The molecule has 2 rings (SSSR count). The summed E-state index contributed by atoms with van der Waals surface area (Å²) in [5.41, 5.74) is 2.91. The zero-order chi connectivity index (χ0) is 15.0. The van der Waals surface area contributed by atoms with Gasteiger partial charge in [0, 0.05) is 10.2 Å². The minimum atomic E-state index is -0.448. The summed E-state index contributed by atoms with van der Waals surface area (Å²) >= 11 is 3.53. The monoisotopic (exact) mass is 338 g/mol. The summed E-state index contributed by atoms with van der Waals surface area (Å²) in [4.78, 5) is 26.0. The molecular weight excluding hydrogens is 320 g/mol. The summed E-state index contributed by atoms with van der Waals surface area (Å²) in [5, 5.41) is 2.66. The van der Waals surface area contributed by atoms with Crippen molar-refractivity contribution in [3.05, 3.63) is 27.7 Å². The first kappa shape index (κ1) is 15.0. The van der Waals surface area contributed by atoms with Crippen molar-refractivity contribution < 1.29 is 9.59 Å². The molecule has 0 saturated carbocycles. The van der Waals surface area contributed by atoms with Crippen LogP contribution >= 0.6 is 15.9 Å². The van der Waals surface area contributed by atoms with Gasteiger partial charge in [-0.15, -0.1) is 0 Å². The number of anilines is 1. The zero-order valence-corrected chi connectivity index (χ0v) is 13.7. The first-order valence-electron chi connectivity index (χ1n) is 6.69. The van der Waals surface area contributed by atoms with E-state index in [1.807, 2.05) is 39.8 Å². The van der Waals surface area contributed by atoms with Crippen LogP contribution in [0.5, 0.6) is 0 Å². The zero-order valence-electron chi connectivity index (χ0n) is 12.2. The fourth-order valence-electron chi connectivity index (χ4n) is 2.59. The number of hydrogen-bond donors (Lipinski definition) is 1. The van der Waals surface area contributed by atoms with Crippen LogP contribution in [0.1, 0.15) is 25.0 Å². The van der Waals surface area contributed by atoms with E-state index in [9.17, 15) is 9.59 Å². The van der Waals surface area contributed by atoms with E-state index < -0.39 is 6.04 Å². The minimum Gasteiger partial charge on any atom is -0.345 e. The van der Waals surface area contributed by atoms with Crippen molar-refractivity contribution in [3.63, 3.8) is 0 Å².